The van der Waals surface area contributed by atoms with Gasteiger partial charge < -0.3 is 1.43 Å². The molecule has 0 aromatic carbocycles. The molecule has 0 N–H and O–H groups in total. The number of hydrogen-bond acceptors (Lipinski definition) is 0. The van der Waals surface area contributed by atoms with E-state index in [4.69, 9.17) is 0 Å². The molecule has 76 valence electrons. The van der Waals surface area contributed by atoms with Crippen LogP contribution in [0.5, 0.6) is 0 Å². The largest absolute Gasteiger partial charge is 1.00 e. The average molecular weight is 226 g/mol. The first-order chi connectivity index (χ1) is 6.77. The Bertz CT molecular complexity index is 323. The molecule has 0 unspecified atom stereocenters. The van der Waals surface area contributed by atoms with Gasteiger partial charge in [-0.3, -0.25) is 0 Å². The molecule has 2 heteroatoms. The summed E-state index contributed by atoms with van der Waals surface area (Å²) in [5.74, 6) is 0. The molecule has 0 amide bonds. The van der Waals surface area contributed by atoms with Gasteiger partial charge in [0, 0.05) is 0 Å². The van der Waals surface area contributed by atoms with Gasteiger partial charge in [-0.2, -0.15) is 0 Å². The van der Waals surface area contributed by atoms with Gasteiger partial charge >= 0.3 is 29.6 Å². The van der Waals surface area contributed by atoms with E-state index in [9.17, 15) is 0 Å². The van der Waals surface area contributed by atoms with E-state index in [1.165, 1.54) is 18.9 Å². The van der Waals surface area contributed by atoms with Gasteiger partial charge in [-0.25, -0.2) is 0 Å². The van der Waals surface area contributed by atoms with Gasteiger partial charge in [-0.15, -0.1) is 0 Å². The molecule has 2 rings (SSSR count). The molecule has 0 radical (unpaired) electrons. The first-order valence-corrected chi connectivity index (χ1v) is 8.20. The number of rotatable bonds is 3. The third kappa shape index (κ3) is 2.47. The van der Waals surface area contributed by atoms with Crippen molar-refractivity contribution in [1.29, 1.82) is 0 Å². The van der Waals surface area contributed by atoms with Crippen molar-refractivity contribution >= 4 is 8.07 Å². The molecule has 2 aliphatic rings. The predicted octanol–water partition coefficient (Wildman–Crippen LogP) is 1.05. The van der Waals surface area contributed by atoms with Gasteiger partial charge in [0.15, 0.2) is 0 Å². The topological polar surface area (TPSA) is 0 Å². The van der Waals surface area contributed by atoms with Crippen LogP contribution < -0.4 is 29.6 Å². The summed E-state index contributed by atoms with van der Waals surface area (Å²) in [5, 5.41) is 3.44. The van der Waals surface area contributed by atoms with Crippen LogP contribution in [0.3, 0.4) is 0 Å². The second kappa shape index (κ2) is 5.49. The summed E-state index contributed by atoms with van der Waals surface area (Å²) in [5.41, 5.74) is 0. The monoisotopic (exact) mass is 226 g/mol. The Kier molecular flexibility index (Phi) is 4.85. The third-order valence-electron chi connectivity index (χ3n) is 3.67. The minimum Gasteiger partial charge on any atom is -1.00 e. The Morgan fingerprint density at radius 2 is 1.60 bits per heavy atom. The fourth-order valence-electron chi connectivity index (χ4n) is 2.37. The Morgan fingerprint density at radius 3 is 1.87 bits per heavy atom. The van der Waals surface area contributed by atoms with Gasteiger partial charge in [0.1, 0.15) is 8.07 Å². The molecule has 0 atom stereocenters. The molecule has 2 aliphatic carbocycles. The van der Waals surface area contributed by atoms with Crippen LogP contribution in [0.15, 0.2) is 46.8 Å². The summed E-state index contributed by atoms with van der Waals surface area (Å²) >= 11 is 0. The van der Waals surface area contributed by atoms with E-state index in [0.29, 0.717) is 0 Å². The zero-order chi connectivity index (χ0) is 10.0. The molecule has 0 bridgehead atoms. The summed E-state index contributed by atoms with van der Waals surface area (Å²) in [6, 6.07) is 1.34. The minimum absolute atomic E-state index is 0. The van der Waals surface area contributed by atoms with E-state index in [1.54, 1.807) is 10.4 Å². The maximum absolute atomic E-state index is 2.52. The zero-order valence-corrected chi connectivity index (χ0v) is 13.1. The van der Waals surface area contributed by atoms with Crippen molar-refractivity contribution < 1.29 is 31.0 Å². The maximum Gasteiger partial charge on any atom is 1.00 e. The third-order valence-corrected chi connectivity index (χ3v) is 8.66. The molecular weight excluding hydrogens is 207 g/mol. The Morgan fingerprint density at radius 1 is 1.13 bits per heavy atom. The molecule has 0 saturated carbocycles. The van der Waals surface area contributed by atoms with E-state index in [1.807, 2.05) is 0 Å². The van der Waals surface area contributed by atoms with Gasteiger partial charge in [-0.1, -0.05) is 66.4 Å². The van der Waals surface area contributed by atoms with Gasteiger partial charge in [0.2, 0.25) is 0 Å². The van der Waals surface area contributed by atoms with Crippen LogP contribution in [-0.4, -0.2) is 8.07 Å². The fourth-order valence-corrected chi connectivity index (χ4v) is 5.76. The Labute approximate surface area is 118 Å². The zero-order valence-electron chi connectivity index (χ0n) is 11.1. The van der Waals surface area contributed by atoms with Crippen molar-refractivity contribution in [3.05, 3.63) is 46.8 Å². The first kappa shape index (κ1) is 13.2. The van der Waals surface area contributed by atoms with Crippen LogP contribution >= 0.6 is 0 Å². The maximum atomic E-state index is 2.52. The molecule has 0 fully saturated rings. The fraction of sp³-hybridized carbons (Fsp3) is 0.385. The molecular formula is C13H19NaSi. The van der Waals surface area contributed by atoms with Crippen LogP contribution in [-0.2, 0) is 0 Å². The Hall–Kier alpha value is 0.177. The van der Waals surface area contributed by atoms with Crippen molar-refractivity contribution in [3.63, 3.8) is 0 Å². The summed E-state index contributed by atoms with van der Waals surface area (Å²) in [7, 11) is -1.26. The number of hydrogen-bond donors (Lipinski definition) is 0. The van der Waals surface area contributed by atoms with Gasteiger partial charge in [0.25, 0.3) is 0 Å². The second-order valence-electron chi connectivity index (χ2n) is 4.33. The smallest absolute Gasteiger partial charge is 1.00 e. The van der Waals surface area contributed by atoms with E-state index in [0.717, 1.165) is 0 Å². The van der Waals surface area contributed by atoms with Crippen molar-refractivity contribution in [3.8, 4) is 0 Å². The van der Waals surface area contributed by atoms with Crippen molar-refractivity contribution in [1.82, 2.24) is 0 Å². The van der Waals surface area contributed by atoms with E-state index in [2.05, 4.69) is 49.9 Å². The van der Waals surface area contributed by atoms with Crippen LogP contribution in [0.4, 0.5) is 0 Å². The predicted molar refractivity (Wildman–Crippen MR) is 66.9 cm³/mol. The molecule has 0 aromatic rings. The standard InChI is InChI=1S/C13H18Si.Na.H/c1-3-14(2,12-8-4-5-9-12)13-10-6-7-11-13;;/h4-8,10H,3,9,11H2,1-2H3;;/q;+1;-1. The van der Waals surface area contributed by atoms with Crippen LogP contribution in [0, 0.1) is 0 Å². The minimum atomic E-state index is -1.26. The molecule has 0 aliphatic heterocycles. The summed E-state index contributed by atoms with van der Waals surface area (Å²) in [6.45, 7) is 4.87. The quantitative estimate of drug-likeness (QED) is 0.631. The summed E-state index contributed by atoms with van der Waals surface area (Å²) in [4.78, 5) is 0. The molecule has 0 nitrogen and oxygen atoms in total. The first-order valence-electron chi connectivity index (χ1n) is 5.49. The Balaban J connectivity index is 0.00000112. The van der Waals surface area contributed by atoms with E-state index < -0.39 is 8.07 Å². The van der Waals surface area contributed by atoms with Crippen molar-refractivity contribution in [2.45, 2.75) is 32.4 Å². The van der Waals surface area contributed by atoms with E-state index >= 15 is 0 Å². The van der Waals surface area contributed by atoms with Gasteiger partial charge in [0.05, 0.1) is 0 Å². The molecule has 15 heavy (non-hydrogen) atoms. The van der Waals surface area contributed by atoms with Crippen molar-refractivity contribution in [2.75, 3.05) is 0 Å². The van der Waals surface area contributed by atoms with Crippen molar-refractivity contribution in [2.24, 2.45) is 0 Å². The molecule has 0 spiro atoms. The van der Waals surface area contributed by atoms with E-state index in [-0.39, 0.29) is 31.0 Å². The second-order valence-corrected chi connectivity index (χ2v) is 8.99. The number of allylic oxidation sites excluding steroid dienone is 8. The van der Waals surface area contributed by atoms with Crippen LogP contribution in [0.25, 0.3) is 0 Å². The normalized spacial score (nSPS) is 18.8. The summed E-state index contributed by atoms with van der Waals surface area (Å²) < 4.78 is 0. The molecule has 0 heterocycles. The molecule has 0 aromatic heterocycles. The van der Waals surface area contributed by atoms with Crippen LogP contribution in [0.2, 0.25) is 12.6 Å². The van der Waals surface area contributed by atoms with Gasteiger partial charge in [-0.05, 0) is 12.8 Å². The summed E-state index contributed by atoms with van der Waals surface area (Å²) in [6.07, 6.45) is 16.1. The average Bonchev–Trinajstić information content (AvgIpc) is 2.88. The SMILES string of the molecule is CC[Si](C)(C1=CC=CC1)C1=CC=CC1.[H-].[Na+]. The molecule has 0 saturated heterocycles. The van der Waals surface area contributed by atoms with Crippen LogP contribution in [0.1, 0.15) is 21.2 Å².